The molecule has 2 aliphatic rings. The van der Waals surface area contributed by atoms with Crippen LogP contribution in [0.5, 0.6) is 0 Å². The van der Waals surface area contributed by atoms with Gasteiger partial charge in [0.05, 0.1) is 4.90 Å². The number of nitrogens with zero attached hydrogens (tertiary/aromatic N) is 3. The first-order valence-corrected chi connectivity index (χ1v) is 10.3. The number of pyridine rings is 1. The number of hydrogen-bond donors (Lipinski definition) is 0. The normalized spacial score (nSPS) is 17.9. The van der Waals surface area contributed by atoms with Crippen LogP contribution in [0.25, 0.3) is 0 Å². The Bertz CT molecular complexity index is 893. The fraction of sp³-hybridized carbons (Fsp3) is 0.368. The van der Waals surface area contributed by atoms with E-state index in [1.165, 1.54) is 0 Å². The van der Waals surface area contributed by atoms with Gasteiger partial charge < -0.3 is 4.90 Å². The number of rotatable bonds is 6. The first-order chi connectivity index (χ1) is 12.6. The molecule has 1 amide bonds. The van der Waals surface area contributed by atoms with Crippen molar-refractivity contribution in [3.8, 4) is 0 Å². The molecule has 1 saturated carbocycles. The van der Waals surface area contributed by atoms with Crippen LogP contribution in [0.2, 0.25) is 0 Å². The minimum atomic E-state index is -3.59. The smallest absolute Gasteiger partial charge is 0.243 e. The van der Waals surface area contributed by atoms with E-state index in [1.54, 1.807) is 45.9 Å². The molecule has 26 heavy (non-hydrogen) atoms. The van der Waals surface area contributed by atoms with E-state index in [1.807, 2.05) is 12.1 Å². The standard InChI is InChI=1S/C19H21N3O3S/c23-19-4-2-12-21(19)16-7-9-18(10-8-16)26(24,25)22(17-5-6-17)14-15-3-1-11-20-13-15/h1,3,7-11,13,17H,2,4-6,12,14H2. The largest absolute Gasteiger partial charge is 0.312 e. The fourth-order valence-electron chi connectivity index (χ4n) is 3.30. The molecule has 4 rings (SSSR count). The summed E-state index contributed by atoms with van der Waals surface area (Å²) in [6, 6.07) is 10.4. The number of benzene rings is 1. The van der Waals surface area contributed by atoms with Gasteiger partial charge in [-0.15, -0.1) is 0 Å². The summed E-state index contributed by atoms with van der Waals surface area (Å²) >= 11 is 0. The fourth-order valence-corrected chi connectivity index (χ4v) is 4.97. The highest BCUT2D eigenvalue weighted by Crippen LogP contribution is 2.34. The third-order valence-electron chi connectivity index (χ3n) is 4.84. The molecular formula is C19H21N3O3S. The van der Waals surface area contributed by atoms with Crippen molar-refractivity contribution in [1.29, 1.82) is 0 Å². The lowest BCUT2D eigenvalue weighted by Gasteiger charge is -2.22. The predicted molar refractivity (Wildman–Crippen MR) is 98.0 cm³/mol. The van der Waals surface area contributed by atoms with Gasteiger partial charge >= 0.3 is 0 Å². The van der Waals surface area contributed by atoms with Gasteiger partial charge in [-0.25, -0.2) is 8.42 Å². The maximum atomic E-state index is 13.1. The van der Waals surface area contributed by atoms with Gasteiger partial charge in [0.25, 0.3) is 0 Å². The molecule has 6 nitrogen and oxygen atoms in total. The number of anilines is 1. The molecule has 136 valence electrons. The maximum absolute atomic E-state index is 13.1. The highest BCUT2D eigenvalue weighted by molar-refractivity contribution is 7.89. The molecule has 2 heterocycles. The zero-order chi connectivity index (χ0) is 18.1. The minimum absolute atomic E-state index is 0.0556. The van der Waals surface area contributed by atoms with Gasteiger partial charge in [0.1, 0.15) is 0 Å². The van der Waals surface area contributed by atoms with Crippen LogP contribution in [0.4, 0.5) is 5.69 Å². The highest BCUT2D eigenvalue weighted by Gasteiger charge is 2.38. The lowest BCUT2D eigenvalue weighted by molar-refractivity contribution is -0.117. The number of hydrogen-bond acceptors (Lipinski definition) is 4. The zero-order valence-corrected chi connectivity index (χ0v) is 15.2. The summed E-state index contributed by atoms with van der Waals surface area (Å²) in [7, 11) is -3.59. The van der Waals surface area contributed by atoms with E-state index in [2.05, 4.69) is 4.98 Å². The summed E-state index contributed by atoms with van der Waals surface area (Å²) in [5.74, 6) is 0.0943. The summed E-state index contributed by atoms with van der Waals surface area (Å²) < 4.78 is 27.8. The van der Waals surface area contributed by atoms with Crippen LogP contribution in [0.15, 0.2) is 53.7 Å². The van der Waals surface area contributed by atoms with Gasteiger partial charge in [-0.1, -0.05) is 6.07 Å². The molecule has 1 aromatic carbocycles. The van der Waals surface area contributed by atoms with Gasteiger partial charge in [0.2, 0.25) is 15.9 Å². The molecule has 2 aromatic rings. The van der Waals surface area contributed by atoms with E-state index in [0.29, 0.717) is 19.5 Å². The number of aromatic nitrogens is 1. The Morgan fingerprint density at radius 1 is 1.15 bits per heavy atom. The SMILES string of the molecule is O=C1CCCN1c1ccc(S(=O)(=O)N(Cc2cccnc2)C2CC2)cc1. The molecule has 0 bridgehead atoms. The van der Waals surface area contributed by atoms with Crippen molar-refractivity contribution in [2.45, 2.75) is 43.2 Å². The molecule has 1 aliphatic heterocycles. The summed E-state index contributed by atoms with van der Waals surface area (Å²) in [5, 5.41) is 0. The molecule has 2 fully saturated rings. The second kappa shape index (κ2) is 6.81. The third-order valence-corrected chi connectivity index (χ3v) is 6.76. The second-order valence-electron chi connectivity index (χ2n) is 6.79. The Morgan fingerprint density at radius 2 is 1.92 bits per heavy atom. The van der Waals surface area contributed by atoms with E-state index < -0.39 is 10.0 Å². The number of amides is 1. The lowest BCUT2D eigenvalue weighted by atomic mass is 10.3. The van der Waals surface area contributed by atoms with Gasteiger partial charge in [0, 0.05) is 43.6 Å². The van der Waals surface area contributed by atoms with Gasteiger partial charge in [-0.05, 0) is 55.2 Å². The summed E-state index contributed by atoms with van der Waals surface area (Å²) in [6.07, 6.45) is 6.56. The van der Waals surface area contributed by atoms with E-state index in [0.717, 1.165) is 30.5 Å². The monoisotopic (exact) mass is 371 g/mol. The Balaban J connectivity index is 1.59. The average Bonchev–Trinajstić information content (AvgIpc) is 3.41. The van der Waals surface area contributed by atoms with E-state index in [9.17, 15) is 13.2 Å². The maximum Gasteiger partial charge on any atom is 0.243 e. The van der Waals surface area contributed by atoms with Crippen molar-refractivity contribution in [1.82, 2.24) is 9.29 Å². The first kappa shape index (κ1) is 17.2. The Hall–Kier alpha value is -2.25. The Kier molecular flexibility index (Phi) is 4.50. The molecule has 1 aliphatic carbocycles. The molecule has 7 heteroatoms. The van der Waals surface area contributed by atoms with E-state index in [4.69, 9.17) is 0 Å². The molecule has 1 aromatic heterocycles. The number of carbonyl (C=O) groups excluding carboxylic acids is 1. The molecule has 0 spiro atoms. The Labute approximate surface area is 153 Å². The topological polar surface area (TPSA) is 70.6 Å². The van der Waals surface area contributed by atoms with Crippen LogP contribution in [-0.4, -0.2) is 36.2 Å². The highest BCUT2D eigenvalue weighted by atomic mass is 32.2. The number of carbonyl (C=O) groups is 1. The minimum Gasteiger partial charge on any atom is -0.312 e. The molecule has 1 saturated heterocycles. The van der Waals surface area contributed by atoms with Gasteiger partial charge in [-0.3, -0.25) is 9.78 Å². The van der Waals surface area contributed by atoms with Crippen LogP contribution in [0.3, 0.4) is 0 Å². The summed E-state index contributed by atoms with van der Waals surface area (Å²) in [6.45, 7) is 1.02. The molecular weight excluding hydrogens is 350 g/mol. The average molecular weight is 371 g/mol. The molecule has 0 N–H and O–H groups in total. The van der Waals surface area contributed by atoms with Crippen LogP contribution < -0.4 is 4.90 Å². The van der Waals surface area contributed by atoms with Crippen LogP contribution >= 0.6 is 0 Å². The van der Waals surface area contributed by atoms with Gasteiger partial charge in [0.15, 0.2) is 0 Å². The first-order valence-electron chi connectivity index (χ1n) is 8.87. The summed E-state index contributed by atoms with van der Waals surface area (Å²) in [4.78, 5) is 17.9. The van der Waals surface area contributed by atoms with Crippen molar-refractivity contribution < 1.29 is 13.2 Å². The van der Waals surface area contributed by atoms with Crippen LogP contribution in [0, 0.1) is 0 Å². The lowest BCUT2D eigenvalue weighted by Crippen LogP contribution is -2.32. The van der Waals surface area contributed by atoms with Gasteiger partial charge in [-0.2, -0.15) is 4.31 Å². The van der Waals surface area contributed by atoms with Crippen LogP contribution in [0.1, 0.15) is 31.2 Å². The third kappa shape index (κ3) is 3.37. The van der Waals surface area contributed by atoms with Crippen molar-refractivity contribution in [2.24, 2.45) is 0 Å². The van der Waals surface area contributed by atoms with E-state index in [-0.39, 0.29) is 16.8 Å². The van der Waals surface area contributed by atoms with Crippen molar-refractivity contribution in [2.75, 3.05) is 11.4 Å². The number of sulfonamides is 1. The zero-order valence-electron chi connectivity index (χ0n) is 14.4. The van der Waals surface area contributed by atoms with Crippen molar-refractivity contribution in [3.05, 3.63) is 54.4 Å². The van der Waals surface area contributed by atoms with E-state index >= 15 is 0 Å². The summed E-state index contributed by atoms with van der Waals surface area (Å²) in [5.41, 5.74) is 1.64. The van der Waals surface area contributed by atoms with Crippen molar-refractivity contribution in [3.63, 3.8) is 0 Å². The molecule has 0 unspecified atom stereocenters. The second-order valence-corrected chi connectivity index (χ2v) is 8.68. The van der Waals surface area contributed by atoms with Crippen LogP contribution in [-0.2, 0) is 21.4 Å². The molecule has 0 radical (unpaired) electrons. The van der Waals surface area contributed by atoms with Crippen molar-refractivity contribution >= 4 is 21.6 Å². The quantitative estimate of drug-likeness (QED) is 0.782. The Morgan fingerprint density at radius 3 is 2.50 bits per heavy atom. The predicted octanol–water partition coefficient (Wildman–Crippen LogP) is 2.56. The molecule has 0 atom stereocenters.